The highest BCUT2D eigenvalue weighted by Gasteiger charge is 2.30. The van der Waals surface area contributed by atoms with Crippen LogP contribution in [-0.4, -0.2) is 74.3 Å². The predicted molar refractivity (Wildman–Crippen MR) is 355 cm³/mol. The third-order valence-corrected chi connectivity index (χ3v) is 15.4. The maximum atomic E-state index is 13.6. The molecular weight excluding hydrogens is 1040 g/mol. The number of unbranched alkanes of at least 4 members (excludes halogenated alkanes) is 28. The van der Waals surface area contributed by atoms with Gasteiger partial charge in [-0.15, -0.1) is 0 Å². The molecule has 0 aliphatic carbocycles. The second-order valence-electron chi connectivity index (χ2n) is 23.6. The molecule has 0 saturated heterocycles. The average molecular weight is 1160 g/mol. The molecule has 10 heteroatoms. The molecule has 0 spiro atoms. The fraction of sp³-hybridized carbons (Fsp3) is 0.722. The molecule has 0 saturated carbocycles. The second kappa shape index (κ2) is 60.8. The van der Waals surface area contributed by atoms with Gasteiger partial charge < -0.3 is 19.4 Å². The number of nitrogens with zero attached hydrogens (tertiary/aromatic N) is 1. The number of ether oxygens (including phenoxy) is 1. The van der Waals surface area contributed by atoms with E-state index in [4.69, 9.17) is 13.8 Å². The Hall–Kier alpha value is -3.33. The summed E-state index contributed by atoms with van der Waals surface area (Å²) in [6.45, 7) is 6.86. The molecule has 0 heterocycles. The monoisotopic (exact) mass is 1160 g/mol. The van der Waals surface area contributed by atoms with E-state index >= 15 is 0 Å². The molecular formula is C72H128N2O7P+. The standard InChI is InChI=1S/C72H127N2O7P/c1-7-10-13-16-19-22-25-28-30-32-34-36-37-39-40-42-44-46-49-52-55-58-61-64-71(75)73-69(68-80-82(77,78)79-67-66-74(4,5)6)70(63-60-57-54-51-48-27-24-21-18-15-12-9-3)81-72(76)65-62-59-56-53-50-47-45-43-41-38-35-33-31-29-26-23-20-17-14-11-8-2/h10,13,19-20,22-23,28-31,34,36,39-40,44,46,60,63,69-70H,7-9,11-12,14-18,21,24-27,32-33,35,37-38,41-43,45,47-59,61-62,64-68H2,1-6H3,(H-,73,75,77,78)/p+1/b13-10-,22-19-,23-20-,30-28-,31-29-,36-34-,40-39-,46-44-,63-60+. The maximum Gasteiger partial charge on any atom is 0.472 e. The van der Waals surface area contributed by atoms with E-state index in [9.17, 15) is 19.0 Å². The van der Waals surface area contributed by atoms with Gasteiger partial charge in [0, 0.05) is 12.8 Å². The van der Waals surface area contributed by atoms with Crippen LogP contribution in [0.5, 0.6) is 0 Å². The van der Waals surface area contributed by atoms with E-state index in [2.05, 4.69) is 123 Å². The van der Waals surface area contributed by atoms with Gasteiger partial charge in [0.25, 0.3) is 0 Å². The van der Waals surface area contributed by atoms with Gasteiger partial charge in [-0.25, -0.2) is 4.57 Å². The summed E-state index contributed by atoms with van der Waals surface area (Å²) in [5, 5.41) is 3.05. The molecule has 0 aromatic heterocycles. The Labute approximate surface area is 506 Å². The number of likely N-dealkylation sites (N-methyl/N-ethyl adjacent to an activating group) is 1. The molecule has 1 amide bonds. The summed E-state index contributed by atoms with van der Waals surface area (Å²) in [5.41, 5.74) is 0. The first-order chi connectivity index (χ1) is 39.9. The predicted octanol–water partition coefficient (Wildman–Crippen LogP) is 21.3. The summed E-state index contributed by atoms with van der Waals surface area (Å²) in [5.74, 6) is -0.538. The Bertz CT molecular complexity index is 1770. The number of esters is 1. The molecule has 82 heavy (non-hydrogen) atoms. The van der Waals surface area contributed by atoms with Gasteiger partial charge in [0.1, 0.15) is 19.3 Å². The van der Waals surface area contributed by atoms with Gasteiger partial charge in [-0.3, -0.25) is 18.6 Å². The van der Waals surface area contributed by atoms with Crippen LogP contribution in [-0.2, 0) is 27.9 Å². The van der Waals surface area contributed by atoms with E-state index in [1.807, 2.05) is 33.3 Å². The summed E-state index contributed by atoms with van der Waals surface area (Å²) in [7, 11) is 1.47. The minimum Gasteiger partial charge on any atom is -0.456 e. The molecule has 0 rings (SSSR count). The first-order valence-corrected chi connectivity index (χ1v) is 35.2. The van der Waals surface area contributed by atoms with E-state index in [0.29, 0.717) is 23.9 Å². The Morgan fingerprint density at radius 2 is 0.780 bits per heavy atom. The van der Waals surface area contributed by atoms with Crippen LogP contribution in [0.3, 0.4) is 0 Å². The Morgan fingerprint density at radius 1 is 0.439 bits per heavy atom. The van der Waals surface area contributed by atoms with Gasteiger partial charge in [0.15, 0.2) is 0 Å². The Balaban J connectivity index is 5.22. The number of nitrogens with one attached hydrogen (secondary N) is 1. The molecule has 472 valence electrons. The Kier molecular flexibility index (Phi) is 58.3. The quantitative estimate of drug-likeness (QED) is 0.0205. The smallest absolute Gasteiger partial charge is 0.456 e. The highest BCUT2D eigenvalue weighted by molar-refractivity contribution is 7.47. The van der Waals surface area contributed by atoms with Crippen molar-refractivity contribution >= 4 is 19.7 Å². The van der Waals surface area contributed by atoms with Crippen LogP contribution in [0.4, 0.5) is 0 Å². The van der Waals surface area contributed by atoms with Gasteiger partial charge in [-0.05, 0) is 115 Å². The second-order valence-corrected chi connectivity index (χ2v) is 25.1. The van der Waals surface area contributed by atoms with Gasteiger partial charge in [-0.1, -0.05) is 265 Å². The first-order valence-electron chi connectivity index (χ1n) is 33.7. The van der Waals surface area contributed by atoms with Crippen LogP contribution >= 0.6 is 7.82 Å². The zero-order valence-corrected chi connectivity index (χ0v) is 54.8. The summed E-state index contributed by atoms with van der Waals surface area (Å²) in [4.78, 5) is 37.8. The molecule has 2 N–H and O–H groups in total. The van der Waals surface area contributed by atoms with Crippen LogP contribution in [0.25, 0.3) is 0 Å². The van der Waals surface area contributed by atoms with E-state index in [1.165, 1.54) is 135 Å². The zero-order chi connectivity index (χ0) is 60.0. The summed E-state index contributed by atoms with van der Waals surface area (Å²) in [6, 6.07) is -0.870. The van der Waals surface area contributed by atoms with E-state index in [1.54, 1.807) is 0 Å². The molecule has 3 atom stereocenters. The van der Waals surface area contributed by atoms with Gasteiger partial charge >= 0.3 is 13.8 Å². The Morgan fingerprint density at radius 3 is 1.20 bits per heavy atom. The fourth-order valence-corrected chi connectivity index (χ4v) is 10.0. The van der Waals surface area contributed by atoms with Crippen LogP contribution in [0, 0.1) is 0 Å². The van der Waals surface area contributed by atoms with E-state index in [-0.39, 0.29) is 31.5 Å². The number of quaternary nitrogens is 1. The van der Waals surface area contributed by atoms with Crippen molar-refractivity contribution in [2.75, 3.05) is 40.9 Å². The van der Waals surface area contributed by atoms with E-state index < -0.39 is 20.0 Å². The summed E-state index contributed by atoms with van der Waals surface area (Å²) >= 11 is 0. The van der Waals surface area contributed by atoms with Crippen molar-refractivity contribution in [3.8, 4) is 0 Å². The van der Waals surface area contributed by atoms with Crippen molar-refractivity contribution in [3.05, 3.63) is 109 Å². The molecule has 0 aliphatic rings. The third-order valence-electron chi connectivity index (χ3n) is 14.4. The minimum atomic E-state index is -4.47. The minimum absolute atomic E-state index is 0.0296. The number of phosphoric ester groups is 1. The van der Waals surface area contributed by atoms with E-state index in [0.717, 1.165) is 109 Å². The van der Waals surface area contributed by atoms with Crippen LogP contribution < -0.4 is 5.32 Å². The summed E-state index contributed by atoms with van der Waals surface area (Å²) < 4.78 is 30.8. The highest BCUT2D eigenvalue weighted by Crippen LogP contribution is 2.43. The van der Waals surface area contributed by atoms with Gasteiger partial charge in [0.2, 0.25) is 5.91 Å². The molecule has 3 unspecified atom stereocenters. The van der Waals surface area contributed by atoms with Crippen molar-refractivity contribution in [1.29, 1.82) is 0 Å². The van der Waals surface area contributed by atoms with Gasteiger partial charge in [0.05, 0.1) is 33.8 Å². The number of allylic oxidation sites excluding steroid dienone is 17. The number of carbonyl (C=O) groups excluding carboxylic acids is 2. The third kappa shape index (κ3) is 61.2. The molecule has 0 aromatic rings. The number of rotatable bonds is 60. The molecule has 9 nitrogen and oxygen atoms in total. The zero-order valence-electron chi connectivity index (χ0n) is 54.0. The number of hydrogen-bond acceptors (Lipinski definition) is 6. The fourth-order valence-electron chi connectivity index (χ4n) is 9.27. The molecule has 0 aliphatic heterocycles. The largest absolute Gasteiger partial charge is 0.472 e. The number of hydrogen-bond donors (Lipinski definition) is 2. The lowest BCUT2D eigenvalue weighted by Crippen LogP contribution is -2.47. The van der Waals surface area contributed by atoms with Gasteiger partial charge in [-0.2, -0.15) is 0 Å². The van der Waals surface area contributed by atoms with Crippen LogP contribution in [0.2, 0.25) is 0 Å². The lowest BCUT2D eigenvalue weighted by Gasteiger charge is -2.27. The lowest BCUT2D eigenvalue weighted by molar-refractivity contribution is -0.870. The number of amides is 1. The van der Waals surface area contributed by atoms with Crippen molar-refractivity contribution in [1.82, 2.24) is 5.32 Å². The SMILES string of the molecule is CC/C=C\C/C=C\C/C=C\C/C=C\C/C=C\C/C=C\CCCCCCC(=O)NC(COP(=O)(O)OCC[N+](C)(C)C)C(/C=C/CCCCCCCCCCCC)OC(=O)CCCCCCCCCCCCC/C=C\C/C=C\CCCCC. The first kappa shape index (κ1) is 78.7. The van der Waals surface area contributed by atoms with Crippen molar-refractivity contribution < 1.29 is 37.3 Å². The van der Waals surface area contributed by atoms with Crippen LogP contribution in [0.15, 0.2) is 109 Å². The maximum absolute atomic E-state index is 13.6. The number of phosphoric acid groups is 1. The highest BCUT2D eigenvalue weighted by atomic mass is 31.2. The normalized spacial score (nSPS) is 14.3. The van der Waals surface area contributed by atoms with Crippen LogP contribution in [0.1, 0.15) is 284 Å². The lowest BCUT2D eigenvalue weighted by atomic mass is 10.0. The average Bonchev–Trinajstić information content (AvgIpc) is 3.47. The summed E-state index contributed by atoms with van der Waals surface area (Å²) in [6.07, 6.45) is 83.7. The van der Waals surface area contributed by atoms with Crippen molar-refractivity contribution in [2.45, 2.75) is 296 Å². The molecule has 0 radical (unpaired) electrons. The van der Waals surface area contributed by atoms with Crippen molar-refractivity contribution in [3.63, 3.8) is 0 Å². The topological polar surface area (TPSA) is 111 Å². The molecule has 0 aromatic carbocycles. The van der Waals surface area contributed by atoms with Crippen molar-refractivity contribution in [2.24, 2.45) is 0 Å². The molecule has 0 bridgehead atoms. The number of carbonyl (C=O) groups is 2. The molecule has 0 fully saturated rings.